The van der Waals surface area contributed by atoms with E-state index in [9.17, 15) is 4.79 Å². The molecule has 0 spiro atoms. The van der Waals surface area contributed by atoms with Crippen LogP contribution in [0.15, 0.2) is 39.6 Å². The van der Waals surface area contributed by atoms with E-state index in [2.05, 4.69) is 11.2 Å². The maximum Gasteiger partial charge on any atom is 0.271 e. The molecule has 0 bridgehead atoms. The second kappa shape index (κ2) is 6.73. The summed E-state index contributed by atoms with van der Waals surface area (Å²) in [6.07, 6.45) is 3.94. The molecule has 2 aromatic rings. The first-order chi connectivity index (χ1) is 13.2. The summed E-state index contributed by atoms with van der Waals surface area (Å²) in [6, 6.07) is 8.22. The lowest BCUT2D eigenvalue weighted by molar-refractivity contribution is 0.0666. The molecule has 1 atom stereocenters. The smallest absolute Gasteiger partial charge is 0.271 e. The van der Waals surface area contributed by atoms with Crippen molar-refractivity contribution in [2.45, 2.75) is 31.1 Å². The van der Waals surface area contributed by atoms with Crippen molar-refractivity contribution in [1.29, 1.82) is 0 Å². The minimum atomic E-state index is -0.0734. The van der Waals surface area contributed by atoms with E-state index in [1.165, 1.54) is 0 Å². The van der Waals surface area contributed by atoms with Crippen LogP contribution in [0.5, 0.6) is 5.75 Å². The molecular weight excluding hydrogens is 362 g/mol. The number of nitrogens with one attached hydrogen (secondary N) is 1. The molecule has 1 N–H and O–H groups in total. The number of nitrogens with zero attached hydrogens (tertiary/aromatic N) is 2. The first-order valence-corrected chi connectivity index (χ1v) is 10.1. The monoisotopic (exact) mass is 383 g/mol. The quantitative estimate of drug-likeness (QED) is 0.855. The summed E-state index contributed by atoms with van der Waals surface area (Å²) in [5.41, 5.74) is 2.85. The summed E-state index contributed by atoms with van der Waals surface area (Å²) in [4.78, 5) is 17.6. The number of ether oxygens (including phenoxy) is 2. The molecule has 1 fully saturated rings. The van der Waals surface area contributed by atoms with Crippen LogP contribution in [-0.2, 0) is 4.74 Å². The van der Waals surface area contributed by atoms with Crippen LogP contribution in [0, 0.1) is 0 Å². The summed E-state index contributed by atoms with van der Waals surface area (Å²) in [7, 11) is 0. The van der Waals surface area contributed by atoms with Crippen molar-refractivity contribution < 1.29 is 9.47 Å². The van der Waals surface area contributed by atoms with Gasteiger partial charge >= 0.3 is 0 Å². The van der Waals surface area contributed by atoms with Gasteiger partial charge in [0, 0.05) is 18.8 Å². The Morgan fingerprint density at radius 2 is 2.07 bits per heavy atom. The molecule has 27 heavy (non-hydrogen) atoms. The van der Waals surface area contributed by atoms with E-state index in [0.29, 0.717) is 6.61 Å². The standard InChI is InChI=1S/C20H21N3O3S/c1-12-21-19-17(20(24)22-23(19)15-6-8-25-9-7-15)18(27-12)14-10-13-4-2-3-5-16(13)26-11-14/h2-5,10,15,18H,6-9,11H2,1H3,(H,22,24). The third-order valence-corrected chi connectivity index (χ3v) is 6.50. The highest BCUT2D eigenvalue weighted by atomic mass is 32.2. The number of rotatable bonds is 2. The van der Waals surface area contributed by atoms with Crippen LogP contribution in [0.3, 0.4) is 0 Å². The largest absolute Gasteiger partial charge is 0.489 e. The highest BCUT2D eigenvalue weighted by Crippen LogP contribution is 2.46. The molecular formula is C20H21N3O3S. The number of thioether (sulfide) groups is 1. The molecule has 5 rings (SSSR count). The van der Waals surface area contributed by atoms with Gasteiger partial charge < -0.3 is 9.47 Å². The molecule has 1 unspecified atom stereocenters. The molecule has 6 nitrogen and oxygen atoms in total. The molecule has 1 aromatic heterocycles. The predicted molar refractivity (Wildman–Crippen MR) is 107 cm³/mol. The van der Waals surface area contributed by atoms with Crippen LogP contribution in [0.4, 0.5) is 5.82 Å². The lowest BCUT2D eigenvalue weighted by Gasteiger charge is -2.28. The minimum Gasteiger partial charge on any atom is -0.489 e. The number of hydrogen-bond acceptors (Lipinski definition) is 5. The van der Waals surface area contributed by atoms with E-state index in [-0.39, 0.29) is 16.9 Å². The zero-order valence-electron chi connectivity index (χ0n) is 15.1. The molecule has 3 aliphatic heterocycles. The predicted octanol–water partition coefficient (Wildman–Crippen LogP) is 3.84. The molecule has 3 aliphatic rings. The Labute approximate surface area is 161 Å². The zero-order valence-corrected chi connectivity index (χ0v) is 15.9. The van der Waals surface area contributed by atoms with Crippen LogP contribution in [0.25, 0.3) is 6.08 Å². The molecule has 0 saturated carbocycles. The lowest BCUT2D eigenvalue weighted by Crippen LogP contribution is -2.21. The number of aromatic nitrogens is 2. The Hall–Kier alpha value is -2.25. The van der Waals surface area contributed by atoms with E-state index in [0.717, 1.165) is 59.4 Å². The minimum absolute atomic E-state index is 0.0509. The van der Waals surface area contributed by atoms with Crippen molar-refractivity contribution >= 4 is 28.7 Å². The van der Waals surface area contributed by atoms with Crippen molar-refractivity contribution in [2.24, 2.45) is 4.99 Å². The van der Waals surface area contributed by atoms with Crippen LogP contribution in [0.1, 0.15) is 42.2 Å². The average molecular weight is 383 g/mol. The van der Waals surface area contributed by atoms with Gasteiger partial charge in [-0.2, -0.15) is 0 Å². The van der Waals surface area contributed by atoms with Crippen molar-refractivity contribution in [3.63, 3.8) is 0 Å². The highest BCUT2D eigenvalue weighted by Gasteiger charge is 2.34. The third kappa shape index (κ3) is 2.95. The van der Waals surface area contributed by atoms with E-state index < -0.39 is 0 Å². The zero-order chi connectivity index (χ0) is 18.4. The lowest BCUT2D eigenvalue weighted by atomic mass is 10.0. The van der Waals surface area contributed by atoms with Gasteiger partial charge in [-0.1, -0.05) is 30.0 Å². The van der Waals surface area contributed by atoms with Crippen molar-refractivity contribution in [3.8, 4) is 5.75 Å². The van der Waals surface area contributed by atoms with Gasteiger partial charge in [-0.05, 0) is 37.5 Å². The van der Waals surface area contributed by atoms with Gasteiger partial charge in [0.15, 0.2) is 5.82 Å². The Balaban J connectivity index is 1.58. The molecule has 1 saturated heterocycles. The Morgan fingerprint density at radius 1 is 1.26 bits per heavy atom. The highest BCUT2D eigenvalue weighted by molar-refractivity contribution is 8.14. The first kappa shape index (κ1) is 16.9. The van der Waals surface area contributed by atoms with Crippen molar-refractivity contribution in [1.82, 2.24) is 9.78 Å². The van der Waals surface area contributed by atoms with Crippen LogP contribution in [0.2, 0.25) is 0 Å². The Morgan fingerprint density at radius 3 is 2.93 bits per heavy atom. The fourth-order valence-corrected chi connectivity index (χ4v) is 5.06. The van der Waals surface area contributed by atoms with Gasteiger partial charge in [0.25, 0.3) is 5.56 Å². The number of aromatic amines is 1. The summed E-state index contributed by atoms with van der Waals surface area (Å²) >= 11 is 1.63. The van der Waals surface area contributed by atoms with Crippen LogP contribution >= 0.6 is 11.8 Å². The van der Waals surface area contributed by atoms with Crippen LogP contribution in [-0.4, -0.2) is 34.6 Å². The number of H-pyrrole nitrogens is 1. The van der Waals surface area contributed by atoms with Gasteiger partial charge in [-0.15, -0.1) is 0 Å². The molecule has 7 heteroatoms. The summed E-state index contributed by atoms with van der Waals surface area (Å²) in [6.45, 7) is 3.93. The van der Waals surface area contributed by atoms with Gasteiger partial charge in [0.1, 0.15) is 12.4 Å². The number of benzene rings is 1. The van der Waals surface area contributed by atoms with Gasteiger partial charge in [-0.25, -0.2) is 4.99 Å². The van der Waals surface area contributed by atoms with Crippen molar-refractivity contribution in [2.75, 3.05) is 19.8 Å². The fraction of sp³-hybridized carbons (Fsp3) is 0.400. The number of fused-ring (bicyclic) bond motifs is 2. The van der Waals surface area contributed by atoms with E-state index in [1.807, 2.05) is 35.9 Å². The van der Waals surface area contributed by atoms with Crippen LogP contribution < -0.4 is 10.3 Å². The second-order valence-corrected chi connectivity index (χ2v) is 8.36. The van der Waals surface area contributed by atoms with Gasteiger partial charge in [-0.3, -0.25) is 14.6 Å². The normalized spacial score (nSPS) is 22.3. The maximum atomic E-state index is 12.9. The van der Waals surface area contributed by atoms with E-state index in [4.69, 9.17) is 14.5 Å². The molecule has 4 heterocycles. The van der Waals surface area contributed by atoms with E-state index >= 15 is 0 Å². The molecule has 140 valence electrons. The first-order valence-electron chi connectivity index (χ1n) is 9.27. The molecule has 0 aliphatic carbocycles. The van der Waals surface area contributed by atoms with Crippen molar-refractivity contribution in [3.05, 3.63) is 51.3 Å². The topological polar surface area (TPSA) is 68.6 Å². The maximum absolute atomic E-state index is 12.9. The second-order valence-electron chi connectivity index (χ2n) is 7.07. The fourth-order valence-electron chi connectivity index (χ4n) is 3.96. The number of hydrogen-bond donors (Lipinski definition) is 1. The molecule has 1 aromatic carbocycles. The SMILES string of the molecule is CC1=Nc2c(c(=O)[nH]n2C2CCOCC2)C(C2=Cc3ccccc3OC2)S1. The molecule has 0 radical (unpaired) electrons. The Bertz CT molecular complexity index is 998. The van der Waals surface area contributed by atoms with E-state index in [1.54, 1.807) is 11.8 Å². The van der Waals surface area contributed by atoms with Gasteiger partial charge in [0.2, 0.25) is 0 Å². The summed E-state index contributed by atoms with van der Waals surface area (Å²) < 4.78 is 13.4. The summed E-state index contributed by atoms with van der Waals surface area (Å²) in [5.74, 6) is 1.66. The average Bonchev–Trinajstić information content (AvgIpc) is 3.04. The number of aliphatic imine (C=N–C) groups is 1. The third-order valence-electron chi connectivity index (χ3n) is 5.30. The molecule has 0 amide bonds. The Kier molecular flexibility index (Phi) is 4.21. The summed E-state index contributed by atoms with van der Waals surface area (Å²) in [5, 5.41) is 3.94. The van der Waals surface area contributed by atoms with Gasteiger partial charge in [0.05, 0.1) is 21.9 Å². The number of para-hydroxylation sites is 1.